The average Bonchev–Trinajstić information content (AvgIpc) is 3.71. The molecule has 0 spiro atoms. The molecular formula is C40H23NO2. The molecule has 0 bridgehead atoms. The Balaban J connectivity index is 1.16. The van der Waals surface area contributed by atoms with Gasteiger partial charge in [-0.25, -0.2) is 0 Å². The van der Waals surface area contributed by atoms with Gasteiger partial charge in [0.25, 0.3) is 0 Å². The minimum absolute atomic E-state index is 0.862. The van der Waals surface area contributed by atoms with E-state index in [1.165, 1.54) is 43.7 Å². The number of hydrogen-bond acceptors (Lipinski definition) is 2. The summed E-state index contributed by atoms with van der Waals surface area (Å²) in [5, 5.41) is 9.27. The van der Waals surface area contributed by atoms with Crippen LogP contribution < -0.4 is 0 Å². The van der Waals surface area contributed by atoms with Crippen LogP contribution in [0.15, 0.2) is 148 Å². The van der Waals surface area contributed by atoms with Crippen molar-refractivity contribution in [1.82, 2.24) is 4.57 Å². The van der Waals surface area contributed by atoms with E-state index in [0.29, 0.717) is 0 Å². The average molecular weight is 550 g/mol. The van der Waals surface area contributed by atoms with E-state index < -0.39 is 0 Å². The molecule has 0 fully saturated rings. The summed E-state index contributed by atoms with van der Waals surface area (Å²) < 4.78 is 15.2. The number of rotatable bonds is 2. The van der Waals surface area contributed by atoms with Crippen molar-refractivity contribution in [3.05, 3.63) is 140 Å². The number of benzene rings is 7. The molecule has 0 aliphatic rings. The maximum Gasteiger partial charge on any atom is 0.136 e. The third-order valence-electron chi connectivity index (χ3n) is 8.97. The smallest absolute Gasteiger partial charge is 0.136 e. The summed E-state index contributed by atoms with van der Waals surface area (Å²) in [6.07, 6.45) is 0. The van der Waals surface area contributed by atoms with Crippen LogP contribution in [0.4, 0.5) is 0 Å². The summed E-state index contributed by atoms with van der Waals surface area (Å²) in [5.74, 6) is 0. The second kappa shape index (κ2) is 8.37. The number of fused-ring (bicyclic) bond motifs is 10. The normalized spacial score (nSPS) is 12.2. The molecule has 0 amide bonds. The van der Waals surface area contributed by atoms with Crippen LogP contribution >= 0.6 is 0 Å². The highest BCUT2D eigenvalue weighted by molar-refractivity contribution is 6.16. The van der Waals surface area contributed by atoms with E-state index in [-0.39, 0.29) is 0 Å². The van der Waals surface area contributed by atoms with E-state index in [1.807, 2.05) is 0 Å². The van der Waals surface area contributed by atoms with Crippen molar-refractivity contribution >= 4 is 76.5 Å². The zero-order chi connectivity index (χ0) is 28.1. The summed E-state index contributed by atoms with van der Waals surface area (Å²) in [6, 6.07) is 49.5. The highest BCUT2D eigenvalue weighted by atomic mass is 16.3. The first-order chi connectivity index (χ1) is 21.3. The molecule has 0 saturated carbocycles. The molecule has 0 N–H and O–H groups in total. The monoisotopic (exact) mass is 549 g/mol. The topological polar surface area (TPSA) is 31.2 Å². The van der Waals surface area contributed by atoms with Gasteiger partial charge < -0.3 is 13.4 Å². The van der Waals surface area contributed by atoms with E-state index in [1.54, 1.807) is 0 Å². The first kappa shape index (κ1) is 22.8. The summed E-state index contributed by atoms with van der Waals surface area (Å²) in [4.78, 5) is 0. The molecule has 0 aliphatic heterocycles. The zero-order valence-corrected chi connectivity index (χ0v) is 23.0. The number of aromatic nitrogens is 1. The van der Waals surface area contributed by atoms with Crippen molar-refractivity contribution < 1.29 is 8.83 Å². The van der Waals surface area contributed by atoms with Gasteiger partial charge in [-0.15, -0.1) is 0 Å². The quantitative estimate of drug-likeness (QED) is 0.215. The Bertz CT molecular complexity index is 2680. The highest BCUT2D eigenvalue weighted by Crippen LogP contribution is 2.40. The van der Waals surface area contributed by atoms with Crippen LogP contribution in [0.2, 0.25) is 0 Å². The van der Waals surface area contributed by atoms with Gasteiger partial charge in [0.1, 0.15) is 22.3 Å². The summed E-state index contributed by atoms with van der Waals surface area (Å²) >= 11 is 0. The van der Waals surface area contributed by atoms with Crippen molar-refractivity contribution in [2.75, 3.05) is 0 Å². The van der Waals surface area contributed by atoms with Gasteiger partial charge >= 0.3 is 0 Å². The van der Waals surface area contributed by atoms with Gasteiger partial charge in [-0.05, 0) is 82.6 Å². The Morgan fingerprint density at radius 2 is 0.884 bits per heavy atom. The van der Waals surface area contributed by atoms with E-state index in [4.69, 9.17) is 8.83 Å². The summed E-state index contributed by atoms with van der Waals surface area (Å²) in [5.41, 5.74) is 9.33. The Morgan fingerprint density at radius 3 is 1.60 bits per heavy atom. The third-order valence-corrected chi connectivity index (χ3v) is 8.97. The highest BCUT2D eigenvalue weighted by Gasteiger charge is 2.17. The van der Waals surface area contributed by atoms with E-state index in [0.717, 1.165) is 49.6 Å². The molecule has 10 aromatic rings. The van der Waals surface area contributed by atoms with Crippen LogP contribution in [0.5, 0.6) is 0 Å². The molecule has 0 radical (unpaired) electrons. The molecule has 3 heteroatoms. The van der Waals surface area contributed by atoms with Crippen molar-refractivity contribution in [3.8, 4) is 16.8 Å². The molecular weight excluding hydrogens is 526 g/mol. The second-order valence-electron chi connectivity index (χ2n) is 11.4. The number of hydrogen-bond donors (Lipinski definition) is 0. The van der Waals surface area contributed by atoms with Gasteiger partial charge in [-0.3, -0.25) is 0 Å². The Kier molecular flexibility index (Phi) is 4.45. The van der Waals surface area contributed by atoms with Crippen LogP contribution in [-0.2, 0) is 0 Å². The molecule has 200 valence electrons. The minimum atomic E-state index is 0.862. The maximum absolute atomic E-state index is 6.44. The maximum atomic E-state index is 6.44. The lowest BCUT2D eigenvalue weighted by molar-refractivity contribution is 0.664. The lowest BCUT2D eigenvalue weighted by atomic mass is 9.99. The van der Waals surface area contributed by atoms with Gasteiger partial charge in [0, 0.05) is 38.0 Å². The third kappa shape index (κ3) is 3.25. The first-order valence-electron chi connectivity index (χ1n) is 14.6. The van der Waals surface area contributed by atoms with Gasteiger partial charge in [-0.2, -0.15) is 0 Å². The molecule has 10 rings (SSSR count). The minimum Gasteiger partial charge on any atom is -0.456 e. The van der Waals surface area contributed by atoms with Gasteiger partial charge in [-0.1, -0.05) is 78.9 Å². The standard InChI is InChI=1S/C40H23NO2/c1-2-8-25-19-26(14-13-24(25)7-1)27-15-17-37-31(20-27)33-22-40-34(23-39(33)42-37)32-21-28(16-18-38(32)43-40)41-35-11-5-3-9-29(35)30-10-4-6-12-36(30)41/h1-23H. The fraction of sp³-hybridized carbons (Fsp3) is 0. The zero-order valence-electron chi connectivity index (χ0n) is 23.0. The fourth-order valence-electron chi connectivity index (χ4n) is 6.92. The fourth-order valence-corrected chi connectivity index (χ4v) is 6.92. The van der Waals surface area contributed by atoms with Crippen LogP contribution in [-0.4, -0.2) is 4.57 Å². The van der Waals surface area contributed by atoms with Gasteiger partial charge in [0.05, 0.1) is 11.0 Å². The summed E-state index contributed by atoms with van der Waals surface area (Å²) in [7, 11) is 0. The molecule has 0 unspecified atom stereocenters. The molecule has 0 saturated heterocycles. The molecule has 0 atom stereocenters. The van der Waals surface area contributed by atoms with Crippen molar-refractivity contribution in [1.29, 1.82) is 0 Å². The lowest BCUT2D eigenvalue weighted by Crippen LogP contribution is -1.93. The van der Waals surface area contributed by atoms with E-state index in [2.05, 4.69) is 144 Å². The van der Waals surface area contributed by atoms with E-state index in [9.17, 15) is 0 Å². The molecule has 3 heterocycles. The first-order valence-corrected chi connectivity index (χ1v) is 14.6. The van der Waals surface area contributed by atoms with Crippen LogP contribution in [0.3, 0.4) is 0 Å². The predicted octanol–water partition coefficient (Wildman–Crippen LogP) is 11.4. The Morgan fingerprint density at radius 1 is 0.349 bits per heavy atom. The van der Waals surface area contributed by atoms with Gasteiger partial charge in [0.15, 0.2) is 0 Å². The van der Waals surface area contributed by atoms with Crippen molar-refractivity contribution in [3.63, 3.8) is 0 Å². The molecule has 7 aromatic carbocycles. The van der Waals surface area contributed by atoms with Crippen molar-refractivity contribution in [2.24, 2.45) is 0 Å². The number of nitrogens with zero attached hydrogens (tertiary/aromatic N) is 1. The van der Waals surface area contributed by atoms with Crippen LogP contribution in [0, 0.1) is 0 Å². The molecule has 3 nitrogen and oxygen atoms in total. The van der Waals surface area contributed by atoms with Crippen molar-refractivity contribution in [2.45, 2.75) is 0 Å². The van der Waals surface area contributed by atoms with E-state index >= 15 is 0 Å². The Hall–Kier alpha value is -5.80. The molecule has 0 aliphatic carbocycles. The number of furan rings is 2. The summed E-state index contributed by atoms with van der Waals surface area (Å²) in [6.45, 7) is 0. The molecule has 43 heavy (non-hydrogen) atoms. The van der Waals surface area contributed by atoms with Crippen LogP contribution in [0.25, 0.3) is 93.3 Å². The largest absolute Gasteiger partial charge is 0.456 e. The predicted molar refractivity (Wildman–Crippen MR) is 178 cm³/mol. The lowest BCUT2D eigenvalue weighted by Gasteiger charge is -2.07. The molecule has 3 aromatic heterocycles. The van der Waals surface area contributed by atoms with Gasteiger partial charge in [0.2, 0.25) is 0 Å². The second-order valence-corrected chi connectivity index (χ2v) is 11.4. The SMILES string of the molecule is c1ccc2cc(-c3ccc4oc5cc6c(cc5c4c3)oc3ccc(-n4c5ccccc5c5ccccc54)cc36)ccc2c1. The van der Waals surface area contributed by atoms with Crippen LogP contribution in [0.1, 0.15) is 0 Å². The number of para-hydroxylation sites is 2. The Labute approximate surface area is 245 Å².